The smallest absolute Gasteiger partial charge is 0.274 e. The maximum atomic E-state index is 12.7. The lowest BCUT2D eigenvalue weighted by molar-refractivity contribution is 0.102. The first-order chi connectivity index (χ1) is 14.2. The summed E-state index contributed by atoms with van der Waals surface area (Å²) in [5.74, 6) is 1.54. The Labute approximate surface area is 168 Å². The lowest BCUT2D eigenvalue weighted by atomic mass is 10.2. The van der Waals surface area contributed by atoms with Crippen molar-refractivity contribution in [2.45, 2.75) is 0 Å². The monoisotopic (exact) mass is 391 g/mol. The summed E-state index contributed by atoms with van der Waals surface area (Å²) in [5.41, 5.74) is 0.895. The van der Waals surface area contributed by atoms with Crippen LogP contribution in [-0.4, -0.2) is 59.1 Å². The molecule has 9 nitrogen and oxygen atoms in total. The van der Waals surface area contributed by atoms with Crippen LogP contribution < -0.4 is 19.9 Å². The molecule has 1 N–H and O–H groups in total. The Kier molecular flexibility index (Phi) is 5.46. The number of para-hydroxylation sites is 2. The summed E-state index contributed by atoms with van der Waals surface area (Å²) in [7, 11) is 1.56. The lowest BCUT2D eigenvalue weighted by Crippen LogP contribution is -2.47. The number of ether oxygens (including phenoxy) is 1. The number of rotatable bonds is 5. The number of methoxy groups -OCH3 is 1. The molecule has 0 saturated carbocycles. The fraction of sp³-hybridized carbons (Fsp3) is 0.250. The number of nitrogens with one attached hydrogen (secondary N) is 1. The first-order valence-corrected chi connectivity index (χ1v) is 9.29. The number of benzene rings is 1. The molecule has 1 amide bonds. The summed E-state index contributed by atoms with van der Waals surface area (Å²) in [6.45, 7) is 2.95. The van der Waals surface area contributed by atoms with Crippen molar-refractivity contribution in [3.63, 3.8) is 0 Å². The van der Waals surface area contributed by atoms with E-state index in [4.69, 9.17) is 4.74 Å². The molecule has 29 heavy (non-hydrogen) atoms. The van der Waals surface area contributed by atoms with E-state index in [1.54, 1.807) is 50.0 Å². The number of piperazine rings is 1. The van der Waals surface area contributed by atoms with Gasteiger partial charge in [-0.25, -0.2) is 19.9 Å². The quantitative estimate of drug-likeness (QED) is 0.704. The Morgan fingerprint density at radius 3 is 2.28 bits per heavy atom. The number of hydrogen-bond acceptors (Lipinski definition) is 8. The van der Waals surface area contributed by atoms with Gasteiger partial charge in [-0.15, -0.1) is 0 Å². The highest BCUT2D eigenvalue weighted by atomic mass is 16.5. The predicted molar refractivity (Wildman–Crippen MR) is 109 cm³/mol. The molecule has 9 heteroatoms. The fourth-order valence-electron chi connectivity index (χ4n) is 3.12. The standard InChI is InChI=1S/C20H21N7O2/c1-29-17-6-3-2-5-15(17)24-18(28)16-7-10-23-20(25-16)27-13-11-26(12-14-27)19-21-8-4-9-22-19/h2-10H,11-14H2,1H3,(H,24,28). The molecule has 1 aliphatic heterocycles. The van der Waals surface area contributed by atoms with Crippen LogP contribution in [-0.2, 0) is 0 Å². The first-order valence-electron chi connectivity index (χ1n) is 9.29. The average Bonchev–Trinajstić information content (AvgIpc) is 2.80. The summed E-state index contributed by atoms with van der Waals surface area (Å²) in [4.78, 5) is 34.2. The van der Waals surface area contributed by atoms with Crippen molar-refractivity contribution in [1.82, 2.24) is 19.9 Å². The zero-order chi connectivity index (χ0) is 20.1. The molecule has 3 aromatic rings. The van der Waals surface area contributed by atoms with E-state index in [1.165, 1.54) is 0 Å². The van der Waals surface area contributed by atoms with Crippen LogP contribution in [0.5, 0.6) is 5.75 Å². The molecule has 1 fully saturated rings. The van der Waals surface area contributed by atoms with Crippen LogP contribution in [0, 0.1) is 0 Å². The molecule has 0 aliphatic carbocycles. The Balaban J connectivity index is 1.43. The minimum absolute atomic E-state index is 0.301. The van der Waals surface area contributed by atoms with E-state index in [-0.39, 0.29) is 5.91 Å². The highest BCUT2D eigenvalue weighted by Crippen LogP contribution is 2.23. The summed E-state index contributed by atoms with van der Waals surface area (Å²) >= 11 is 0. The molecule has 0 spiro atoms. The molecular weight excluding hydrogens is 370 g/mol. The van der Waals surface area contributed by atoms with Gasteiger partial charge in [0.2, 0.25) is 11.9 Å². The summed E-state index contributed by atoms with van der Waals surface area (Å²) in [5, 5.41) is 2.84. The molecule has 1 aliphatic rings. The fourth-order valence-corrected chi connectivity index (χ4v) is 3.12. The van der Waals surface area contributed by atoms with Gasteiger partial charge in [0.1, 0.15) is 11.4 Å². The third-order valence-corrected chi connectivity index (χ3v) is 4.63. The highest BCUT2D eigenvalue weighted by Gasteiger charge is 2.21. The third kappa shape index (κ3) is 4.23. The van der Waals surface area contributed by atoms with Gasteiger partial charge in [0.25, 0.3) is 5.91 Å². The van der Waals surface area contributed by atoms with Crippen LogP contribution in [0.1, 0.15) is 10.5 Å². The number of nitrogens with zero attached hydrogens (tertiary/aromatic N) is 6. The number of carbonyl (C=O) groups excluding carboxylic acids is 1. The second kappa shape index (κ2) is 8.51. The molecule has 0 radical (unpaired) electrons. The molecule has 3 heterocycles. The van der Waals surface area contributed by atoms with E-state index in [9.17, 15) is 4.79 Å². The molecule has 2 aromatic heterocycles. The summed E-state index contributed by atoms with van der Waals surface area (Å²) in [6.07, 6.45) is 5.08. The number of hydrogen-bond donors (Lipinski definition) is 1. The summed E-state index contributed by atoms with van der Waals surface area (Å²) in [6, 6.07) is 10.6. The largest absolute Gasteiger partial charge is 0.495 e. The number of carbonyl (C=O) groups is 1. The normalized spacial score (nSPS) is 13.8. The van der Waals surface area contributed by atoms with Crippen molar-refractivity contribution in [3.05, 3.63) is 60.7 Å². The Hall–Kier alpha value is -3.75. The maximum absolute atomic E-state index is 12.7. The van der Waals surface area contributed by atoms with Crippen molar-refractivity contribution >= 4 is 23.5 Å². The second-order valence-corrected chi connectivity index (χ2v) is 6.42. The zero-order valence-corrected chi connectivity index (χ0v) is 16.0. The minimum Gasteiger partial charge on any atom is -0.495 e. The summed E-state index contributed by atoms with van der Waals surface area (Å²) < 4.78 is 5.28. The first kappa shape index (κ1) is 18.6. The molecule has 0 atom stereocenters. The van der Waals surface area contributed by atoms with Crippen molar-refractivity contribution in [2.75, 3.05) is 48.4 Å². The van der Waals surface area contributed by atoms with Crippen molar-refractivity contribution in [3.8, 4) is 5.75 Å². The van der Waals surface area contributed by atoms with E-state index in [1.807, 2.05) is 12.1 Å². The van der Waals surface area contributed by atoms with Gasteiger partial charge >= 0.3 is 0 Å². The van der Waals surface area contributed by atoms with Crippen LogP contribution in [0.2, 0.25) is 0 Å². The Morgan fingerprint density at radius 1 is 0.897 bits per heavy atom. The van der Waals surface area contributed by atoms with E-state index < -0.39 is 0 Å². The Morgan fingerprint density at radius 2 is 1.55 bits per heavy atom. The third-order valence-electron chi connectivity index (χ3n) is 4.63. The molecular formula is C20H21N7O2. The van der Waals surface area contributed by atoms with Gasteiger partial charge in [-0.05, 0) is 24.3 Å². The van der Waals surface area contributed by atoms with Gasteiger partial charge in [-0.3, -0.25) is 4.79 Å². The van der Waals surface area contributed by atoms with Gasteiger partial charge in [0.05, 0.1) is 12.8 Å². The van der Waals surface area contributed by atoms with Crippen molar-refractivity contribution in [2.24, 2.45) is 0 Å². The molecule has 0 bridgehead atoms. The van der Waals surface area contributed by atoms with Crippen LogP contribution in [0.25, 0.3) is 0 Å². The van der Waals surface area contributed by atoms with Crippen LogP contribution in [0.15, 0.2) is 55.0 Å². The van der Waals surface area contributed by atoms with Gasteiger partial charge in [-0.2, -0.15) is 0 Å². The highest BCUT2D eigenvalue weighted by molar-refractivity contribution is 6.03. The number of aromatic nitrogens is 4. The SMILES string of the molecule is COc1ccccc1NC(=O)c1ccnc(N2CCN(c3ncccn3)CC2)n1. The molecule has 1 saturated heterocycles. The number of anilines is 3. The Bertz CT molecular complexity index is 975. The average molecular weight is 391 g/mol. The van der Waals surface area contributed by atoms with Crippen LogP contribution in [0.3, 0.4) is 0 Å². The lowest BCUT2D eigenvalue weighted by Gasteiger charge is -2.34. The molecule has 0 unspecified atom stereocenters. The van der Waals surface area contributed by atoms with E-state index in [0.717, 1.165) is 32.1 Å². The van der Waals surface area contributed by atoms with Crippen LogP contribution in [0.4, 0.5) is 17.6 Å². The molecule has 148 valence electrons. The zero-order valence-electron chi connectivity index (χ0n) is 16.0. The van der Waals surface area contributed by atoms with Gasteiger partial charge in [0, 0.05) is 44.8 Å². The van der Waals surface area contributed by atoms with Gasteiger partial charge in [-0.1, -0.05) is 12.1 Å². The topological polar surface area (TPSA) is 96.4 Å². The van der Waals surface area contributed by atoms with Gasteiger partial charge < -0.3 is 19.9 Å². The molecule has 1 aromatic carbocycles. The maximum Gasteiger partial charge on any atom is 0.274 e. The van der Waals surface area contributed by atoms with E-state index in [2.05, 4.69) is 35.1 Å². The number of amides is 1. The van der Waals surface area contributed by atoms with E-state index >= 15 is 0 Å². The van der Waals surface area contributed by atoms with E-state index in [0.29, 0.717) is 23.1 Å². The second-order valence-electron chi connectivity index (χ2n) is 6.42. The van der Waals surface area contributed by atoms with Crippen molar-refractivity contribution < 1.29 is 9.53 Å². The van der Waals surface area contributed by atoms with Crippen LogP contribution >= 0.6 is 0 Å². The van der Waals surface area contributed by atoms with Crippen molar-refractivity contribution in [1.29, 1.82) is 0 Å². The van der Waals surface area contributed by atoms with Gasteiger partial charge in [0.15, 0.2) is 0 Å². The molecule has 4 rings (SSSR count). The minimum atomic E-state index is -0.311. The predicted octanol–water partition coefficient (Wildman–Crippen LogP) is 1.85.